The van der Waals surface area contributed by atoms with Crippen molar-refractivity contribution in [2.24, 2.45) is 11.7 Å². The number of nitrogens with two attached hydrogens (primary N) is 1. The molecule has 6 heteroatoms. The molecule has 2 rings (SSSR count). The normalized spacial score (nSPS) is 23.6. The number of amides is 1. The van der Waals surface area contributed by atoms with Gasteiger partial charge in [0.1, 0.15) is 0 Å². The molecule has 2 N–H and O–H groups in total. The molecule has 1 saturated heterocycles. The smallest absolute Gasteiger partial charge is 0.253 e. The highest BCUT2D eigenvalue weighted by Gasteiger charge is 2.27. The third-order valence-electron chi connectivity index (χ3n) is 3.77. The zero-order valence-corrected chi connectivity index (χ0v) is 12.6. The number of sulfone groups is 1. The summed E-state index contributed by atoms with van der Waals surface area (Å²) >= 11 is 0. The van der Waals surface area contributed by atoms with Crippen molar-refractivity contribution in [3.63, 3.8) is 0 Å². The van der Waals surface area contributed by atoms with Crippen LogP contribution < -0.4 is 5.73 Å². The molecule has 1 aromatic rings. The number of rotatable bonds is 2. The highest BCUT2D eigenvalue weighted by atomic mass is 32.2. The minimum absolute atomic E-state index is 0.126. The fourth-order valence-corrected chi connectivity index (χ4v) is 3.06. The number of piperidine rings is 1. The van der Waals surface area contributed by atoms with Gasteiger partial charge in [0.15, 0.2) is 9.84 Å². The predicted molar refractivity (Wildman–Crippen MR) is 77.2 cm³/mol. The Balaban J connectivity index is 2.22. The summed E-state index contributed by atoms with van der Waals surface area (Å²) < 4.78 is 23.1. The van der Waals surface area contributed by atoms with Gasteiger partial charge in [-0.15, -0.1) is 0 Å². The maximum absolute atomic E-state index is 12.4. The lowest BCUT2D eigenvalue weighted by atomic mass is 9.94. The van der Waals surface area contributed by atoms with Crippen molar-refractivity contribution in [2.45, 2.75) is 24.3 Å². The van der Waals surface area contributed by atoms with Gasteiger partial charge in [-0.3, -0.25) is 4.79 Å². The van der Waals surface area contributed by atoms with Crippen LogP contribution in [0.2, 0.25) is 0 Å². The Hall–Kier alpha value is -1.40. The number of carbonyl (C=O) groups is 1. The molecule has 1 aliphatic rings. The van der Waals surface area contributed by atoms with Crippen molar-refractivity contribution in [1.29, 1.82) is 0 Å². The SMILES string of the molecule is CC1CN(C(=O)c2cccc(S(C)(=O)=O)c2)CCC1N. The van der Waals surface area contributed by atoms with Crippen LogP contribution in [0.1, 0.15) is 23.7 Å². The fraction of sp³-hybridized carbons (Fsp3) is 0.500. The Bertz CT molecular complexity index is 613. The van der Waals surface area contributed by atoms with E-state index in [0.717, 1.165) is 12.7 Å². The summed E-state index contributed by atoms with van der Waals surface area (Å²) in [4.78, 5) is 14.3. The van der Waals surface area contributed by atoms with E-state index >= 15 is 0 Å². The Morgan fingerprint density at radius 3 is 2.70 bits per heavy atom. The van der Waals surface area contributed by atoms with Crippen molar-refractivity contribution in [3.05, 3.63) is 29.8 Å². The number of nitrogens with zero attached hydrogens (tertiary/aromatic N) is 1. The Labute approximate surface area is 119 Å². The van der Waals surface area contributed by atoms with E-state index in [9.17, 15) is 13.2 Å². The summed E-state index contributed by atoms with van der Waals surface area (Å²) in [6, 6.07) is 6.32. The molecular weight excluding hydrogens is 276 g/mol. The third kappa shape index (κ3) is 3.19. The number of benzene rings is 1. The number of likely N-dealkylation sites (tertiary alicyclic amines) is 1. The van der Waals surface area contributed by atoms with E-state index in [1.165, 1.54) is 12.1 Å². The lowest BCUT2D eigenvalue weighted by molar-refractivity contribution is 0.0664. The molecule has 0 bridgehead atoms. The summed E-state index contributed by atoms with van der Waals surface area (Å²) in [6.07, 6.45) is 1.91. The van der Waals surface area contributed by atoms with Gasteiger partial charge in [0, 0.05) is 31.0 Å². The molecule has 0 saturated carbocycles. The van der Waals surface area contributed by atoms with Crippen LogP contribution >= 0.6 is 0 Å². The van der Waals surface area contributed by atoms with E-state index in [1.54, 1.807) is 17.0 Å². The zero-order chi connectivity index (χ0) is 14.9. The molecule has 1 amide bonds. The number of hydrogen-bond acceptors (Lipinski definition) is 4. The first-order valence-corrected chi connectivity index (χ1v) is 8.53. The Morgan fingerprint density at radius 2 is 2.10 bits per heavy atom. The summed E-state index contributed by atoms with van der Waals surface area (Å²) in [6.45, 7) is 3.26. The molecule has 0 aromatic heterocycles. The van der Waals surface area contributed by atoms with Crippen LogP contribution in [0.3, 0.4) is 0 Å². The molecular formula is C14H20N2O3S. The predicted octanol–water partition coefficient (Wildman–Crippen LogP) is 0.899. The Morgan fingerprint density at radius 1 is 1.40 bits per heavy atom. The summed E-state index contributed by atoms with van der Waals surface area (Å²) in [5.41, 5.74) is 6.36. The number of hydrogen-bond donors (Lipinski definition) is 1. The molecule has 2 atom stereocenters. The molecule has 110 valence electrons. The van der Waals surface area contributed by atoms with Gasteiger partial charge >= 0.3 is 0 Å². The molecule has 1 aliphatic heterocycles. The van der Waals surface area contributed by atoms with Crippen LogP contribution in [0.5, 0.6) is 0 Å². The van der Waals surface area contributed by atoms with Crippen LogP contribution in [0.25, 0.3) is 0 Å². The van der Waals surface area contributed by atoms with Gasteiger partial charge in [0.25, 0.3) is 5.91 Å². The minimum Gasteiger partial charge on any atom is -0.338 e. The topological polar surface area (TPSA) is 80.5 Å². The van der Waals surface area contributed by atoms with Crippen LogP contribution in [-0.2, 0) is 9.84 Å². The molecule has 20 heavy (non-hydrogen) atoms. The van der Waals surface area contributed by atoms with Crippen LogP contribution in [-0.4, -0.2) is 44.6 Å². The lowest BCUT2D eigenvalue weighted by Gasteiger charge is -2.35. The maximum Gasteiger partial charge on any atom is 0.253 e. The van der Waals surface area contributed by atoms with E-state index in [0.29, 0.717) is 18.7 Å². The maximum atomic E-state index is 12.4. The highest BCUT2D eigenvalue weighted by molar-refractivity contribution is 7.90. The average Bonchev–Trinajstić information content (AvgIpc) is 2.40. The van der Waals surface area contributed by atoms with E-state index in [4.69, 9.17) is 5.73 Å². The van der Waals surface area contributed by atoms with Crippen molar-refractivity contribution >= 4 is 15.7 Å². The first-order chi connectivity index (χ1) is 9.29. The standard InChI is InChI=1S/C14H20N2O3S/c1-10-9-16(7-6-13(10)15)14(17)11-4-3-5-12(8-11)20(2,18)19/h3-5,8,10,13H,6-7,9,15H2,1-2H3. The van der Waals surface area contributed by atoms with E-state index in [1.807, 2.05) is 6.92 Å². The van der Waals surface area contributed by atoms with Gasteiger partial charge in [-0.25, -0.2) is 8.42 Å². The average molecular weight is 296 g/mol. The molecule has 0 radical (unpaired) electrons. The minimum atomic E-state index is -3.30. The molecule has 1 fully saturated rings. The van der Waals surface area contributed by atoms with E-state index < -0.39 is 9.84 Å². The molecule has 2 unspecified atom stereocenters. The van der Waals surface area contributed by atoms with E-state index in [-0.39, 0.29) is 22.8 Å². The summed E-state index contributed by atoms with van der Waals surface area (Å²) in [7, 11) is -3.30. The van der Waals surface area contributed by atoms with Gasteiger partial charge in [-0.05, 0) is 30.5 Å². The van der Waals surface area contributed by atoms with Crippen molar-refractivity contribution in [1.82, 2.24) is 4.90 Å². The van der Waals surface area contributed by atoms with Gasteiger partial charge in [0.05, 0.1) is 4.90 Å². The first kappa shape index (κ1) is 15.0. The van der Waals surface area contributed by atoms with E-state index in [2.05, 4.69) is 0 Å². The molecule has 1 aromatic carbocycles. The summed E-state index contributed by atoms with van der Waals surface area (Å²) in [5, 5.41) is 0. The third-order valence-corrected chi connectivity index (χ3v) is 4.88. The van der Waals surface area contributed by atoms with Crippen LogP contribution in [0.15, 0.2) is 29.2 Å². The second kappa shape index (κ2) is 5.54. The zero-order valence-electron chi connectivity index (χ0n) is 11.7. The molecule has 1 heterocycles. The second-order valence-corrected chi connectivity index (χ2v) is 7.50. The van der Waals surface area contributed by atoms with Crippen molar-refractivity contribution in [2.75, 3.05) is 19.3 Å². The molecule has 0 spiro atoms. The van der Waals surface area contributed by atoms with Gasteiger partial charge in [-0.1, -0.05) is 13.0 Å². The molecule has 5 nitrogen and oxygen atoms in total. The second-order valence-electron chi connectivity index (χ2n) is 5.48. The quantitative estimate of drug-likeness (QED) is 0.879. The van der Waals surface area contributed by atoms with Gasteiger partial charge < -0.3 is 10.6 Å². The fourth-order valence-electron chi connectivity index (χ4n) is 2.39. The van der Waals surface area contributed by atoms with Crippen molar-refractivity contribution < 1.29 is 13.2 Å². The first-order valence-electron chi connectivity index (χ1n) is 6.64. The van der Waals surface area contributed by atoms with Crippen LogP contribution in [0.4, 0.5) is 0 Å². The highest BCUT2D eigenvalue weighted by Crippen LogP contribution is 2.19. The van der Waals surface area contributed by atoms with Crippen LogP contribution in [0, 0.1) is 5.92 Å². The van der Waals surface area contributed by atoms with Crippen molar-refractivity contribution in [3.8, 4) is 0 Å². The van der Waals surface area contributed by atoms with Gasteiger partial charge in [-0.2, -0.15) is 0 Å². The number of carbonyl (C=O) groups excluding carboxylic acids is 1. The molecule has 0 aliphatic carbocycles. The lowest BCUT2D eigenvalue weighted by Crippen LogP contribution is -2.48. The van der Waals surface area contributed by atoms with Gasteiger partial charge in [0.2, 0.25) is 0 Å². The Kier molecular flexibility index (Phi) is 4.15. The monoisotopic (exact) mass is 296 g/mol. The summed E-state index contributed by atoms with van der Waals surface area (Å²) in [5.74, 6) is 0.125. The largest absolute Gasteiger partial charge is 0.338 e.